The van der Waals surface area contributed by atoms with Gasteiger partial charge in [0.2, 0.25) is 0 Å². The van der Waals surface area contributed by atoms with Crippen molar-refractivity contribution < 1.29 is 14.3 Å². The zero-order valence-electron chi connectivity index (χ0n) is 14.6. The summed E-state index contributed by atoms with van der Waals surface area (Å²) in [6.45, 7) is 0. The van der Waals surface area contributed by atoms with Gasteiger partial charge >= 0.3 is 5.97 Å². The molecule has 27 heavy (non-hydrogen) atoms. The van der Waals surface area contributed by atoms with Gasteiger partial charge in [-0.05, 0) is 35.9 Å². The summed E-state index contributed by atoms with van der Waals surface area (Å²) in [6.07, 6.45) is 3.38. The third kappa shape index (κ3) is 4.92. The van der Waals surface area contributed by atoms with Gasteiger partial charge in [0, 0.05) is 23.7 Å². The van der Waals surface area contributed by atoms with Crippen LogP contribution in [0.1, 0.15) is 26.3 Å². The van der Waals surface area contributed by atoms with E-state index in [2.05, 4.69) is 15.3 Å². The number of amides is 1. The van der Waals surface area contributed by atoms with Crippen LogP contribution >= 0.6 is 11.8 Å². The van der Waals surface area contributed by atoms with Crippen molar-refractivity contribution in [3.05, 3.63) is 83.7 Å². The predicted molar refractivity (Wildman–Crippen MR) is 104 cm³/mol. The molecule has 6 nitrogen and oxygen atoms in total. The molecule has 0 bridgehead atoms. The first kappa shape index (κ1) is 18.6. The fourth-order valence-electron chi connectivity index (χ4n) is 2.38. The molecule has 1 N–H and O–H groups in total. The average Bonchev–Trinajstić information content (AvgIpc) is 2.73. The van der Waals surface area contributed by atoms with Crippen molar-refractivity contribution in [1.82, 2.24) is 9.97 Å². The molecule has 0 aliphatic carbocycles. The Morgan fingerprint density at radius 2 is 1.81 bits per heavy atom. The van der Waals surface area contributed by atoms with Crippen molar-refractivity contribution in [2.45, 2.75) is 10.9 Å². The second-order valence-corrected chi connectivity index (χ2v) is 6.45. The molecule has 0 atom stereocenters. The number of esters is 1. The number of benzene rings is 2. The first-order valence-corrected chi connectivity index (χ1v) is 9.13. The van der Waals surface area contributed by atoms with Crippen LogP contribution in [0.5, 0.6) is 0 Å². The van der Waals surface area contributed by atoms with Crippen LogP contribution in [0, 0.1) is 0 Å². The highest BCUT2D eigenvalue weighted by atomic mass is 32.2. The Balaban J connectivity index is 1.72. The monoisotopic (exact) mass is 379 g/mol. The Labute approximate surface area is 161 Å². The molecule has 7 heteroatoms. The summed E-state index contributed by atoms with van der Waals surface area (Å²) in [6, 6.07) is 15.8. The Hall–Kier alpha value is -3.19. The summed E-state index contributed by atoms with van der Waals surface area (Å²) in [7, 11) is 1.30. The fraction of sp³-hybridized carbons (Fsp3) is 0.100. The first-order valence-electron chi connectivity index (χ1n) is 8.15. The lowest BCUT2D eigenvalue weighted by Gasteiger charge is -2.10. The van der Waals surface area contributed by atoms with Gasteiger partial charge in [0.15, 0.2) is 5.16 Å². The normalized spacial score (nSPS) is 10.3. The summed E-state index contributed by atoms with van der Waals surface area (Å²) in [5.41, 5.74) is 2.19. The number of hydrogen-bond donors (Lipinski definition) is 1. The highest BCUT2D eigenvalue weighted by Crippen LogP contribution is 2.21. The number of para-hydroxylation sites is 1. The Kier molecular flexibility index (Phi) is 6.17. The first-order chi connectivity index (χ1) is 13.2. The summed E-state index contributed by atoms with van der Waals surface area (Å²) in [4.78, 5) is 32.8. The molecule has 0 saturated carbocycles. The van der Waals surface area contributed by atoms with E-state index in [0.29, 0.717) is 27.7 Å². The van der Waals surface area contributed by atoms with Crippen molar-refractivity contribution in [2.75, 3.05) is 12.4 Å². The molecule has 1 amide bonds. The zero-order chi connectivity index (χ0) is 19.1. The standard InChI is InChI=1S/C20H17N3O3S/c1-26-19(25)16-8-2-3-9-17(16)23-18(24)15-7-4-6-14(12-15)13-27-20-21-10-5-11-22-20/h2-12H,13H2,1H3,(H,23,24). The van der Waals surface area contributed by atoms with Crippen LogP contribution in [0.4, 0.5) is 5.69 Å². The largest absolute Gasteiger partial charge is 0.465 e. The third-order valence-corrected chi connectivity index (χ3v) is 4.63. The molecule has 1 aromatic heterocycles. The van der Waals surface area contributed by atoms with Crippen molar-refractivity contribution in [2.24, 2.45) is 0 Å². The lowest BCUT2D eigenvalue weighted by Crippen LogP contribution is -2.15. The van der Waals surface area contributed by atoms with E-state index in [0.717, 1.165) is 5.56 Å². The van der Waals surface area contributed by atoms with E-state index in [9.17, 15) is 9.59 Å². The molecule has 3 rings (SSSR count). The number of thioether (sulfide) groups is 1. The quantitative estimate of drug-likeness (QED) is 0.398. The highest BCUT2D eigenvalue weighted by molar-refractivity contribution is 7.98. The second-order valence-electron chi connectivity index (χ2n) is 5.51. The lowest BCUT2D eigenvalue weighted by molar-refractivity contribution is 0.0602. The van der Waals surface area contributed by atoms with Gasteiger partial charge in [0.1, 0.15) is 0 Å². The van der Waals surface area contributed by atoms with E-state index >= 15 is 0 Å². The van der Waals surface area contributed by atoms with Crippen LogP contribution in [0.2, 0.25) is 0 Å². The van der Waals surface area contributed by atoms with E-state index < -0.39 is 5.97 Å². The van der Waals surface area contributed by atoms with Gasteiger partial charge in [0.05, 0.1) is 18.4 Å². The Morgan fingerprint density at radius 1 is 1.04 bits per heavy atom. The van der Waals surface area contributed by atoms with E-state index in [1.807, 2.05) is 18.2 Å². The number of ether oxygens (including phenoxy) is 1. The van der Waals surface area contributed by atoms with Crippen molar-refractivity contribution >= 4 is 29.3 Å². The SMILES string of the molecule is COC(=O)c1ccccc1NC(=O)c1cccc(CSc2ncccn2)c1. The number of hydrogen-bond acceptors (Lipinski definition) is 6. The Bertz CT molecular complexity index is 948. The van der Waals surface area contributed by atoms with Crippen LogP contribution in [0.25, 0.3) is 0 Å². The molecule has 0 unspecified atom stereocenters. The maximum atomic E-state index is 12.6. The van der Waals surface area contributed by atoms with Crippen LogP contribution in [-0.4, -0.2) is 29.0 Å². The number of aromatic nitrogens is 2. The molecule has 0 saturated heterocycles. The van der Waals surface area contributed by atoms with Crippen molar-refractivity contribution in [3.8, 4) is 0 Å². The average molecular weight is 379 g/mol. The molecule has 0 spiro atoms. The summed E-state index contributed by atoms with van der Waals surface area (Å²) in [5, 5.41) is 3.45. The maximum absolute atomic E-state index is 12.6. The van der Waals surface area contributed by atoms with Gasteiger partial charge < -0.3 is 10.1 Å². The molecule has 0 aliphatic rings. The third-order valence-electron chi connectivity index (χ3n) is 3.68. The summed E-state index contributed by atoms with van der Waals surface area (Å²) < 4.78 is 4.75. The summed E-state index contributed by atoms with van der Waals surface area (Å²) in [5.74, 6) is -0.155. The van der Waals surface area contributed by atoms with Crippen molar-refractivity contribution in [1.29, 1.82) is 0 Å². The minimum absolute atomic E-state index is 0.297. The number of carbonyl (C=O) groups excluding carboxylic acids is 2. The van der Waals surface area contributed by atoms with E-state index in [1.165, 1.54) is 18.9 Å². The molecular weight excluding hydrogens is 362 g/mol. The van der Waals surface area contributed by atoms with Crippen LogP contribution in [0.15, 0.2) is 72.1 Å². The second kappa shape index (κ2) is 8.95. The molecule has 0 radical (unpaired) electrons. The number of nitrogens with one attached hydrogen (secondary N) is 1. The van der Waals surface area contributed by atoms with Crippen LogP contribution < -0.4 is 5.32 Å². The highest BCUT2D eigenvalue weighted by Gasteiger charge is 2.14. The molecule has 3 aromatic rings. The minimum atomic E-state index is -0.501. The number of methoxy groups -OCH3 is 1. The molecule has 136 valence electrons. The van der Waals surface area contributed by atoms with Crippen molar-refractivity contribution in [3.63, 3.8) is 0 Å². The molecule has 0 fully saturated rings. The minimum Gasteiger partial charge on any atom is -0.465 e. The zero-order valence-corrected chi connectivity index (χ0v) is 15.4. The smallest absolute Gasteiger partial charge is 0.339 e. The lowest BCUT2D eigenvalue weighted by atomic mass is 10.1. The van der Waals surface area contributed by atoms with Crippen LogP contribution in [0.3, 0.4) is 0 Å². The molecule has 2 aromatic carbocycles. The molecule has 1 heterocycles. The van der Waals surface area contributed by atoms with Gasteiger partial charge in [-0.1, -0.05) is 36.0 Å². The van der Waals surface area contributed by atoms with E-state index in [-0.39, 0.29) is 5.91 Å². The topological polar surface area (TPSA) is 81.2 Å². The maximum Gasteiger partial charge on any atom is 0.339 e. The number of nitrogens with zero attached hydrogens (tertiary/aromatic N) is 2. The van der Waals surface area contributed by atoms with Gasteiger partial charge in [-0.25, -0.2) is 14.8 Å². The molecule has 0 aliphatic heterocycles. The molecular formula is C20H17N3O3S. The fourth-order valence-corrected chi connectivity index (χ4v) is 3.13. The number of anilines is 1. The Morgan fingerprint density at radius 3 is 2.59 bits per heavy atom. The number of carbonyl (C=O) groups is 2. The van der Waals surface area contributed by atoms with Crippen LogP contribution in [-0.2, 0) is 10.5 Å². The van der Waals surface area contributed by atoms with Gasteiger partial charge in [-0.2, -0.15) is 0 Å². The van der Waals surface area contributed by atoms with Gasteiger partial charge in [-0.3, -0.25) is 4.79 Å². The van der Waals surface area contributed by atoms with E-state index in [4.69, 9.17) is 4.74 Å². The van der Waals surface area contributed by atoms with Gasteiger partial charge in [0.25, 0.3) is 5.91 Å². The predicted octanol–water partition coefficient (Wildman–Crippen LogP) is 3.81. The number of rotatable bonds is 6. The summed E-state index contributed by atoms with van der Waals surface area (Å²) >= 11 is 1.49. The van der Waals surface area contributed by atoms with Gasteiger partial charge in [-0.15, -0.1) is 0 Å². The van der Waals surface area contributed by atoms with E-state index in [1.54, 1.807) is 48.8 Å².